The van der Waals surface area contributed by atoms with Crippen molar-refractivity contribution < 1.29 is 9.59 Å². The van der Waals surface area contributed by atoms with Crippen molar-refractivity contribution in [1.29, 1.82) is 0 Å². The van der Waals surface area contributed by atoms with E-state index in [2.05, 4.69) is 9.88 Å². The third kappa shape index (κ3) is 3.66. The molecule has 1 aromatic rings. The summed E-state index contributed by atoms with van der Waals surface area (Å²) in [4.78, 5) is 32.5. The zero-order chi connectivity index (χ0) is 15.4. The molecule has 120 valence electrons. The summed E-state index contributed by atoms with van der Waals surface area (Å²) in [6, 6.07) is 0.343. The van der Waals surface area contributed by atoms with E-state index in [9.17, 15) is 9.59 Å². The van der Waals surface area contributed by atoms with Crippen molar-refractivity contribution in [1.82, 2.24) is 14.8 Å². The van der Waals surface area contributed by atoms with Crippen molar-refractivity contribution >= 4 is 23.2 Å². The monoisotopic (exact) mass is 321 g/mol. The number of carbonyl (C=O) groups is 2. The van der Waals surface area contributed by atoms with Crippen LogP contribution in [-0.4, -0.2) is 52.3 Å². The van der Waals surface area contributed by atoms with Crippen molar-refractivity contribution in [3.8, 4) is 0 Å². The molecule has 2 fully saturated rings. The van der Waals surface area contributed by atoms with Crippen LogP contribution in [0.25, 0.3) is 0 Å². The third-order valence-corrected chi connectivity index (χ3v) is 5.49. The van der Waals surface area contributed by atoms with Gasteiger partial charge in [0.1, 0.15) is 0 Å². The Kier molecular flexibility index (Phi) is 5.08. The Morgan fingerprint density at radius 1 is 1.27 bits per heavy atom. The summed E-state index contributed by atoms with van der Waals surface area (Å²) in [5.41, 5.74) is 0. The Hall–Kier alpha value is -1.43. The molecule has 3 heterocycles. The number of aryl methyl sites for hydroxylation is 1. The van der Waals surface area contributed by atoms with Crippen LogP contribution in [0.15, 0.2) is 11.6 Å². The van der Waals surface area contributed by atoms with Crippen LogP contribution in [0.4, 0.5) is 0 Å². The van der Waals surface area contributed by atoms with Gasteiger partial charge in [0.15, 0.2) is 0 Å². The highest BCUT2D eigenvalue weighted by Gasteiger charge is 2.30. The smallest absolute Gasteiger partial charge is 0.222 e. The highest BCUT2D eigenvalue weighted by Crippen LogP contribution is 2.22. The van der Waals surface area contributed by atoms with Gasteiger partial charge in [-0.25, -0.2) is 4.98 Å². The van der Waals surface area contributed by atoms with Gasteiger partial charge in [0.25, 0.3) is 0 Å². The van der Waals surface area contributed by atoms with E-state index in [-0.39, 0.29) is 5.91 Å². The van der Waals surface area contributed by atoms with Crippen LogP contribution in [0.1, 0.15) is 43.5 Å². The topological polar surface area (TPSA) is 53.5 Å². The van der Waals surface area contributed by atoms with Crippen LogP contribution in [0.5, 0.6) is 0 Å². The zero-order valence-electron chi connectivity index (χ0n) is 12.9. The molecule has 0 spiro atoms. The Bertz CT molecular complexity index is 509. The first-order chi connectivity index (χ1) is 10.7. The number of nitrogens with zero attached hydrogens (tertiary/aromatic N) is 3. The summed E-state index contributed by atoms with van der Waals surface area (Å²) in [5.74, 6) is 0.526. The van der Waals surface area contributed by atoms with Crippen LogP contribution < -0.4 is 0 Å². The van der Waals surface area contributed by atoms with Crippen molar-refractivity contribution in [3.63, 3.8) is 0 Å². The molecule has 0 bridgehead atoms. The van der Waals surface area contributed by atoms with Gasteiger partial charge in [-0.1, -0.05) is 0 Å². The maximum atomic E-state index is 12.3. The molecule has 2 aliphatic rings. The first-order valence-corrected chi connectivity index (χ1v) is 9.07. The van der Waals surface area contributed by atoms with Crippen molar-refractivity contribution in [2.24, 2.45) is 0 Å². The molecule has 2 amide bonds. The maximum Gasteiger partial charge on any atom is 0.222 e. The molecule has 0 aromatic carbocycles. The van der Waals surface area contributed by atoms with E-state index < -0.39 is 0 Å². The highest BCUT2D eigenvalue weighted by molar-refractivity contribution is 7.09. The molecule has 0 saturated carbocycles. The average Bonchev–Trinajstić information content (AvgIpc) is 3.07. The normalized spacial score (nSPS) is 20.5. The molecule has 5 nitrogen and oxygen atoms in total. The minimum atomic E-state index is 0.221. The van der Waals surface area contributed by atoms with Crippen molar-refractivity contribution in [2.45, 2.75) is 51.0 Å². The first-order valence-electron chi connectivity index (χ1n) is 8.19. The second kappa shape index (κ2) is 7.22. The van der Waals surface area contributed by atoms with Gasteiger partial charge >= 0.3 is 0 Å². The highest BCUT2D eigenvalue weighted by atomic mass is 32.1. The molecule has 6 heteroatoms. The average molecular weight is 321 g/mol. The quantitative estimate of drug-likeness (QED) is 0.853. The summed E-state index contributed by atoms with van der Waals surface area (Å²) < 4.78 is 0. The number of hydrogen-bond donors (Lipinski definition) is 0. The molecule has 2 saturated heterocycles. The zero-order valence-corrected chi connectivity index (χ0v) is 13.7. The molecule has 0 aliphatic carbocycles. The Morgan fingerprint density at radius 3 is 2.77 bits per heavy atom. The van der Waals surface area contributed by atoms with Crippen molar-refractivity contribution in [3.05, 3.63) is 16.6 Å². The SMILES string of the molecule is O=C(CCc1nccs1)N1CCC(N2CCCCC2=O)CC1. The van der Waals surface area contributed by atoms with Crippen LogP contribution >= 0.6 is 11.3 Å². The van der Waals surface area contributed by atoms with Gasteiger partial charge in [0.05, 0.1) is 5.01 Å². The second-order valence-electron chi connectivity index (χ2n) is 6.08. The molecule has 2 aliphatic heterocycles. The molecular weight excluding hydrogens is 298 g/mol. The number of likely N-dealkylation sites (tertiary alicyclic amines) is 2. The van der Waals surface area contributed by atoms with Gasteiger partial charge in [-0.15, -0.1) is 11.3 Å². The van der Waals surface area contributed by atoms with Gasteiger partial charge in [-0.3, -0.25) is 9.59 Å². The number of piperidine rings is 2. The molecule has 1 aromatic heterocycles. The predicted octanol–water partition coefficient (Wildman–Crippen LogP) is 2.08. The van der Waals surface area contributed by atoms with Crippen LogP contribution in [0.2, 0.25) is 0 Å². The lowest BCUT2D eigenvalue weighted by molar-refractivity contribution is -0.138. The van der Waals surface area contributed by atoms with Gasteiger partial charge in [-0.05, 0) is 25.7 Å². The number of hydrogen-bond acceptors (Lipinski definition) is 4. The molecule has 0 N–H and O–H groups in total. The summed E-state index contributed by atoms with van der Waals surface area (Å²) in [7, 11) is 0. The van der Waals surface area contributed by atoms with Gasteiger partial charge in [0.2, 0.25) is 11.8 Å². The number of aromatic nitrogens is 1. The number of rotatable bonds is 4. The fourth-order valence-corrected chi connectivity index (χ4v) is 4.01. The second-order valence-corrected chi connectivity index (χ2v) is 7.06. The van der Waals surface area contributed by atoms with E-state index in [0.717, 1.165) is 56.7 Å². The largest absolute Gasteiger partial charge is 0.343 e. The lowest BCUT2D eigenvalue weighted by atomic mass is 9.99. The molecule has 3 rings (SSSR count). The fourth-order valence-electron chi connectivity index (χ4n) is 3.39. The van der Waals surface area contributed by atoms with Crippen LogP contribution in [-0.2, 0) is 16.0 Å². The first kappa shape index (κ1) is 15.5. The number of thiazole rings is 1. The molecule has 0 unspecified atom stereocenters. The van der Waals surface area contributed by atoms with E-state index in [1.54, 1.807) is 17.5 Å². The number of carbonyl (C=O) groups excluding carboxylic acids is 2. The van der Waals surface area contributed by atoms with E-state index in [1.165, 1.54) is 0 Å². The Labute approximate surface area is 135 Å². The summed E-state index contributed by atoms with van der Waals surface area (Å²) in [6.07, 6.45) is 7.77. The fraction of sp³-hybridized carbons (Fsp3) is 0.688. The lowest BCUT2D eigenvalue weighted by Gasteiger charge is -2.40. The summed E-state index contributed by atoms with van der Waals surface area (Å²) in [5, 5.41) is 2.98. The van der Waals surface area contributed by atoms with E-state index in [1.807, 2.05) is 10.3 Å². The van der Waals surface area contributed by atoms with E-state index >= 15 is 0 Å². The van der Waals surface area contributed by atoms with E-state index in [4.69, 9.17) is 0 Å². The molecule has 0 atom stereocenters. The third-order valence-electron chi connectivity index (χ3n) is 4.65. The van der Waals surface area contributed by atoms with Crippen molar-refractivity contribution in [2.75, 3.05) is 19.6 Å². The molecule has 22 heavy (non-hydrogen) atoms. The summed E-state index contributed by atoms with van der Waals surface area (Å²) >= 11 is 1.60. The minimum Gasteiger partial charge on any atom is -0.343 e. The van der Waals surface area contributed by atoms with Crippen LogP contribution in [0.3, 0.4) is 0 Å². The predicted molar refractivity (Wildman–Crippen MR) is 85.6 cm³/mol. The van der Waals surface area contributed by atoms with Gasteiger partial charge in [0, 0.05) is 56.5 Å². The maximum absolute atomic E-state index is 12.3. The Balaban J connectivity index is 1.44. The molecule has 0 radical (unpaired) electrons. The summed E-state index contributed by atoms with van der Waals surface area (Å²) in [6.45, 7) is 2.47. The van der Waals surface area contributed by atoms with Gasteiger partial charge in [-0.2, -0.15) is 0 Å². The standard InChI is InChI=1S/C16H23N3O2S/c20-15(5-4-14-17-8-12-22-14)18-10-6-13(7-11-18)19-9-2-1-3-16(19)21/h8,12-13H,1-7,9-11H2. The van der Waals surface area contributed by atoms with Crippen LogP contribution in [0, 0.1) is 0 Å². The minimum absolute atomic E-state index is 0.221. The lowest BCUT2D eigenvalue weighted by Crippen LogP contribution is -2.50. The number of amides is 2. The molecular formula is C16H23N3O2S. The Morgan fingerprint density at radius 2 is 2.09 bits per heavy atom. The van der Waals surface area contributed by atoms with E-state index in [0.29, 0.717) is 24.8 Å². The van der Waals surface area contributed by atoms with Gasteiger partial charge < -0.3 is 9.80 Å².